The molecule has 3 aromatic rings. The van der Waals surface area contributed by atoms with Gasteiger partial charge in [-0.05, 0) is 65.1 Å². The SMILES string of the molecule is Cc1ccc(Cc2cc(=O)n3c(c2C2CC2)SCC3C(=O)O)c2ccccc12. The molecule has 28 heavy (non-hydrogen) atoms. The third kappa shape index (κ3) is 2.76. The van der Waals surface area contributed by atoms with Gasteiger partial charge in [-0.25, -0.2) is 4.79 Å². The van der Waals surface area contributed by atoms with E-state index < -0.39 is 12.0 Å². The Bertz CT molecular complexity index is 1180. The number of rotatable bonds is 4. The maximum absolute atomic E-state index is 12.8. The van der Waals surface area contributed by atoms with Gasteiger partial charge in [0.25, 0.3) is 5.56 Å². The van der Waals surface area contributed by atoms with Crippen LogP contribution in [0.1, 0.15) is 47.1 Å². The van der Waals surface area contributed by atoms with Crippen molar-refractivity contribution in [3.8, 4) is 0 Å². The Balaban J connectivity index is 1.67. The van der Waals surface area contributed by atoms with E-state index in [9.17, 15) is 14.7 Å². The summed E-state index contributed by atoms with van der Waals surface area (Å²) in [5.74, 6) is -0.0396. The molecule has 0 bridgehead atoms. The number of hydrogen-bond donors (Lipinski definition) is 1. The lowest BCUT2D eigenvalue weighted by Crippen LogP contribution is -2.29. The smallest absolute Gasteiger partial charge is 0.327 e. The Morgan fingerprint density at radius 2 is 1.89 bits per heavy atom. The molecular formula is C23H21NO3S. The number of aryl methyl sites for hydroxylation is 1. The van der Waals surface area contributed by atoms with E-state index in [0.717, 1.165) is 23.4 Å². The minimum Gasteiger partial charge on any atom is -0.480 e. The highest BCUT2D eigenvalue weighted by atomic mass is 32.2. The molecule has 0 saturated heterocycles. The van der Waals surface area contributed by atoms with Crippen LogP contribution < -0.4 is 5.56 Å². The van der Waals surface area contributed by atoms with Crippen molar-refractivity contribution in [3.05, 3.63) is 75.1 Å². The molecule has 1 saturated carbocycles. The molecule has 2 aromatic carbocycles. The molecule has 1 atom stereocenters. The molecule has 0 amide bonds. The van der Waals surface area contributed by atoms with Gasteiger partial charge in [0.15, 0.2) is 0 Å². The number of fused-ring (bicyclic) bond motifs is 2. The first-order valence-electron chi connectivity index (χ1n) is 9.65. The molecule has 1 unspecified atom stereocenters. The Morgan fingerprint density at radius 3 is 2.61 bits per heavy atom. The third-order valence-electron chi connectivity index (χ3n) is 5.90. The van der Waals surface area contributed by atoms with E-state index in [1.165, 1.54) is 43.8 Å². The first-order valence-corrected chi connectivity index (χ1v) is 10.6. The Hall–Kier alpha value is -2.53. The minimum atomic E-state index is -0.924. The van der Waals surface area contributed by atoms with Crippen LogP contribution in [0.4, 0.5) is 0 Å². The van der Waals surface area contributed by atoms with Crippen molar-refractivity contribution < 1.29 is 9.90 Å². The van der Waals surface area contributed by atoms with Crippen LogP contribution in [0.25, 0.3) is 10.8 Å². The van der Waals surface area contributed by atoms with Crippen LogP contribution >= 0.6 is 11.8 Å². The van der Waals surface area contributed by atoms with Crippen molar-refractivity contribution in [2.45, 2.75) is 43.2 Å². The van der Waals surface area contributed by atoms with E-state index in [1.54, 1.807) is 6.07 Å². The van der Waals surface area contributed by atoms with Gasteiger partial charge in [0, 0.05) is 11.8 Å². The summed E-state index contributed by atoms with van der Waals surface area (Å²) in [5, 5.41) is 12.9. The Morgan fingerprint density at radius 1 is 1.14 bits per heavy atom. The second-order valence-corrected chi connectivity index (χ2v) is 8.81. The Labute approximate surface area is 167 Å². The summed E-state index contributed by atoms with van der Waals surface area (Å²) < 4.78 is 1.51. The van der Waals surface area contributed by atoms with Gasteiger partial charge in [0.2, 0.25) is 0 Å². The van der Waals surface area contributed by atoms with Gasteiger partial charge in [0.05, 0.1) is 5.03 Å². The van der Waals surface area contributed by atoms with Gasteiger partial charge in [0.1, 0.15) is 6.04 Å². The predicted octanol–water partition coefficient (Wildman–Crippen LogP) is 4.51. The van der Waals surface area contributed by atoms with Gasteiger partial charge in [-0.1, -0.05) is 36.4 Å². The summed E-state index contributed by atoms with van der Waals surface area (Å²) in [6, 6.07) is 13.6. The quantitative estimate of drug-likeness (QED) is 0.711. The number of carboxylic acids is 1. The molecule has 4 nitrogen and oxygen atoms in total. The number of aliphatic carboxylic acids is 1. The number of hydrogen-bond acceptors (Lipinski definition) is 3. The monoisotopic (exact) mass is 391 g/mol. The lowest BCUT2D eigenvalue weighted by molar-refractivity contribution is -0.140. The largest absolute Gasteiger partial charge is 0.480 e. The molecule has 1 aliphatic carbocycles. The van der Waals surface area contributed by atoms with E-state index >= 15 is 0 Å². The first kappa shape index (κ1) is 17.6. The average molecular weight is 391 g/mol. The topological polar surface area (TPSA) is 59.3 Å². The molecule has 0 spiro atoms. The standard InChI is InChI=1S/C23H21NO3S/c1-13-6-7-15(18-5-3-2-4-17(13)18)10-16-11-20(25)24-19(23(26)27)12-28-22(24)21(16)14-8-9-14/h2-7,11,14,19H,8-10,12H2,1H3,(H,26,27). The van der Waals surface area contributed by atoms with Gasteiger partial charge < -0.3 is 5.11 Å². The highest BCUT2D eigenvalue weighted by molar-refractivity contribution is 7.99. The molecule has 0 radical (unpaired) electrons. The summed E-state index contributed by atoms with van der Waals surface area (Å²) in [5.41, 5.74) is 4.54. The van der Waals surface area contributed by atoms with E-state index in [0.29, 0.717) is 18.1 Å². The van der Waals surface area contributed by atoms with Gasteiger partial charge in [-0.2, -0.15) is 0 Å². The summed E-state index contributed by atoms with van der Waals surface area (Å²) in [6.45, 7) is 2.12. The van der Waals surface area contributed by atoms with Gasteiger partial charge in [-0.15, -0.1) is 11.8 Å². The molecule has 2 heterocycles. The molecule has 5 rings (SSSR count). The minimum absolute atomic E-state index is 0.191. The van der Waals surface area contributed by atoms with E-state index in [4.69, 9.17) is 0 Å². The molecular weight excluding hydrogens is 370 g/mol. The number of nitrogens with zero attached hydrogens (tertiary/aromatic N) is 1. The maximum atomic E-state index is 12.8. The second kappa shape index (κ2) is 6.52. The second-order valence-electron chi connectivity index (χ2n) is 7.80. The summed E-state index contributed by atoms with van der Waals surface area (Å²) >= 11 is 1.53. The van der Waals surface area contributed by atoms with Crippen LogP contribution in [0.15, 0.2) is 52.3 Å². The van der Waals surface area contributed by atoms with Crippen molar-refractivity contribution >= 4 is 28.5 Å². The van der Waals surface area contributed by atoms with Crippen molar-refractivity contribution in [3.63, 3.8) is 0 Å². The number of carbonyl (C=O) groups is 1. The zero-order valence-corrected chi connectivity index (χ0v) is 16.5. The maximum Gasteiger partial charge on any atom is 0.327 e. The number of pyridine rings is 1. The fourth-order valence-electron chi connectivity index (χ4n) is 4.35. The highest BCUT2D eigenvalue weighted by Gasteiger charge is 2.37. The number of carboxylic acid groups (broad SMARTS) is 1. The fourth-order valence-corrected chi connectivity index (χ4v) is 5.76. The fraction of sp³-hybridized carbons (Fsp3) is 0.304. The lowest BCUT2D eigenvalue weighted by atomic mass is 9.93. The van der Waals surface area contributed by atoms with E-state index in [2.05, 4.69) is 43.3 Å². The first-order chi connectivity index (χ1) is 13.5. The summed E-state index contributed by atoms with van der Waals surface area (Å²) in [4.78, 5) is 24.4. The lowest BCUT2D eigenvalue weighted by Gasteiger charge is -2.17. The highest BCUT2D eigenvalue weighted by Crippen LogP contribution is 2.48. The molecule has 1 fully saturated rings. The number of thioether (sulfide) groups is 1. The molecule has 1 aromatic heterocycles. The molecule has 1 N–H and O–H groups in total. The zero-order valence-electron chi connectivity index (χ0n) is 15.6. The van der Waals surface area contributed by atoms with Crippen LogP contribution in [-0.4, -0.2) is 21.4 Å². The van der Waals surface area contributed by atoms with Crippen LogP contribution in [0.3, 0.4) is 0 Å². The summed E-state index contributed by atoms with van der Waals surface area (Å²) in [6.07, 6.45) is 2.93. The molecule has 1 aliphatic heterocycles. The normalized spacial score (nSPS) is 18.4. The van der Waals surface area contributed by atoms with Crippen molar-refractivity contribution in [1.82, 2.24) is 4.57 Å². The van der Waals surface area contributed by atoms with Crippen molar-refractivity contribution in [1.29, 1.82) is 0 Å². The van der Waals surface area contributed by atoms with Gasteiger partial charge in [-0.3, -0.25) is 9.36 Å². The Kier molecular flexibility index (Phi) is 4.09. The summed E-state index contributed by atoms with van der Waals surface area (Å²) in [7, 11) is 0. The van der Waals surface area contributed by atoms with Crippen molar-refractivity contribution in [2.75, 3.05) is 5.75 Å². The van der Waals surface area contributed by atoms with Crippen LogP contribution in [0.5, 0.6) is 0 Å². The average Bonchev–Trinajstić information content (AvgIpc) is 3.41. The van der Waals surface area contributed by atoms with Crippen molar-refractivity contribution in [2.24, 2.45) is 0 Å². The van der Waals surface area contributed by atoms with Gasteiger partial charge >= 0.3 is 5.97 Å². The number of benzene rings is 2. The third-order valence-corrected chi connectivity index (χ3v) is 7.08. The van der Waals surface area contributed by atoms with Crippen LogP contribution in [0, 0.1) is 6.92 Å². The zero-order chi connectivity index (χ0) is 19.4. The predicted molar refractivity (Wildman–Crippen MR) is 112 cm³/mol. The molecule has 2 aliphatic rings. The van der Waals surface area contributed by atoms with E-state index in [-0.39, 0.29) is 5.56 Å². The van der Waals surface area contributed by atoms with E-state index in [1.807, 2.05) is 0 Å². The van der Waals surface area contributed by atoms with Crippen LogP contribution in [0.2, 0.25) is 0 Å². The van der Waals surface area contributed by atoms with Crippen LogP contribution in [-0.2, 0) is 11.2 Å². The molecule has 142 valence electrons. The number of aromatic nitrogens is 1. The molecule has 5 heteroatoms.